The summed E-state index contributed by atoms with van der Waals surface area (Å²) in [6.07, 6.45) is 3.58. The van der Waals surface area contributed by atoms with Crippen LogP contribution in [0.4, 0.5) is 11.4 Å². The van der Waals surface area contributed by atoms with Crippen LogP contribution in [0.3, 0.4) is 0 Å². The Bertz CT molecular complexity index is 1020. The molecule has 0 saturated heterocycles. The lowest BCUT2D eigenvalue weighted by atomic mass is 9.87. The number of pyridine rings is 1. The van der Waals surface area contributed by atoms with E-state index in [9.17, 15) is 4.79 Å². The van der Waals surface area contributed by atoms with Gasteiger partial charge in [-0.1, -0.05) is 45.0 Å². The van der Waals surface area contributed by atoms with Gasteiger partial charge in [-0.25, -0.2) is 0 Å². The normalized spacial score (nSPS) is 14.6. The molecule has 1 amide bonds. The minimum atomic E-state index is 0.0496. The van der Waals surface area contributed by atoms with Crippen molar-refractivity contribution in [3.8, 4) is 0 Å². The van der Waals surface area contributed by atoms with Crippen LogP contribution in [0.2, 0.25) is 0 Å². The van der Waals surface area contributed by atoms with Gasteiger partial charge < -0.3 is 10.2 Å². The highest BCUT2D eigenvalue weighted by molar-refractivity contribution is 6.13. The highest BCUT2D eigenvalue weighted by atomic mass is 16.2. The highest BCUT2D eigenvalue weighted by Gasteiger charge is 2.31. The molecule has 4 rings (SSSR count). The zero-order valence-electron chi connectivity index (χ0n) is 17.4. The quantitative estimate of drug-likeness (QED) is 0.625. The van der Waals surface area contributed by atoms with E-state index in [0.717, 1.165) is 28.1 Å². The number of carbonyl (C=O) groups excluding carboxylic acids is 1. The molecular weight excluding hydrogens is 358 g/mol. The fourth-order valence-electron chi connectivity index (χ4n) is 3.80. The summed E-state index contributed by atoms with van der Waals surface area (Å²) >= 11 is 0. The topological polar surface area (TPSA) is 45.2 Å². The van der Waals surface area contributed by atoms with Crippen molar-refractivity contribution in [3.05, 3.63) is 89.2 Å². The molecule has 0 aliphatic carbocycles. The number of nitrogens with zero attached hydrogens (tertiary/aromatic N) is 2. The van der Waals surface area contributed by atoms with Crippen molar-refractivity contribution < 1.29 is 4.79 Å². The first-order valence-corrected chi connectivity index (χ1v) is 10.1. The largest absolute Gasteiger partial charge is 0.378 e. The molecule has 0 bridgehead atoms. The first kappa shape index (κ1) is 19.2. The molecule has 1 atom stereocenters. The van der Waals surface area contributed by atoms with Crippen molar-refractivity contribution in [1.82, 2.24) is 4.98 Å². The van der Waals surface area contributed by atoms with Crippen LogP contribution in [0.5, 0.6) is 0 Å². The van der Waals surface area contributed by atoms with Crippen molar-refractivity contribution in [2.24, 2.45) is 0 Å². The minimum Gasteiger partial charge on any atom is -0.378 e. The fourth-order valence-corrected chi connectivity index (χ4v) is 3.80. The number of nitrogens with one attached hydrogen (secondary N) is 1. The molecule has 0 fully saturated rings. The van der Waals surface area contributed by atoms with Crippen LogP contribution in [-0.2, 0) is 12.0 Å². The van der Waals surface area contributed by atoms with E-state index in [0.29, 0.717) is 6.54 Å². The molecule has 148 valence electrons. The van der Waals surface area contributed by atoms with E-state index in [4.69, 9.17) is 0 Å². The molecule has 2 aromatic carbocycles. The standard InChI is InChI=1S/C25H27N3O/c1-17(18-12-14-26-15-13-18)27-22-7-5-6-19-16-28(24(29)23(19)22)21-10-8-20(9-11-21)25(2,3)4/h5-15,17,27H,16H2,1-4H3. The van der Waals surface area contributed by atoms with Crippen molar-refractivity contribution in [3.63, 3.8) is 0 Å². The van der Waals surface area contributed by atoms with Gasteiger partial charge >= 0.3 is 0 Å². The molecule has 2 heterocycles. The van der Waals surface area contributed by atoms with Crippen LogP contribution in [0, 0.1) is 0 Å². The van der Waals surface area contributed by atoms with Crippen LogP contribution in [0.15, 0.2) is 67.0 Å². The van der Waals surface area contributed by atoms with Gasteiger partial charge in [-0.15, -0.1) is 0 Å². The first-order chi connectivity index (χ1) is 13.8. The monoisotopic (exact) mass is 385 g/mol. The number of aromatic nitrogens is 1. The van der Waals surface area contributed by atoms with Crippen molar-refractivity contribution >= 4 is 17.3 Å². The number of benzene rings is 2. The van der Waals surface area contributed by atoms with Crippen molar-refractivity contribution in [2.45, 2.75) is 45.7 Å². The van der Waals surface area contributed by atoms with Gasteiger partial charge in [0.05, 0.1) is 12.1 Å². The smallest absolute Gasteiger partial charge is 0.261 e. The average Bonchev–Trinajstić information content (AvgIpc) is 3.06. The summed E-state index contributed by atoms with van der Waals surface area (Å²) in [4.78, 5) is 19.2. The van der Waals surface area contributed by atoms with E-state index >= 15 is 0 Å². The molecule has 1 aromatic heterocycles. The Kier molecular flexibility index (Phi) is 4.87. The summed E-state index contributed by atoms with van der Waals surface area (Å²) in [5.41, 5.74) is 6.14. The maximum absolute atomic E-state index is 13.3. The number of anilines is 2. The maximum atomic E-state index is 13.3. The van der Waals surface area contributed by atoms with Crippen molar-refractivity contribution in [2.75, 3.05) is 10.2 Å². The van der Waals surface area contributed by atoms with Gasteiger partial charge in [0.15, 0.2) is 0 Å². The zero-order valence-corrected chi connectivity index (χ0v) is 17.4. The minimum absolute atomic E-state index is 0.0496. The summed E-state index contributed by atoms with van der Waals surface area (Å²) in [5, 5.41) is 3.51. The molecule has 1 N–H and O–H groups in total. The highest BCUT2D eigenvalue weighted by Crippen LogP contribution is 2.35. The summed E-state index contributed by atoms with van der Waals surface area (Å²) in [6, 6.07) is 18.5. The maximum Gasteiger partial charge on any atom is 0.261 e. The number of hydrogen-bond acceptors (Lipinski definition) is 3. The summed E-state index contributed by atoms with van der Waals surface area (Å²) < 4.78 is 0. The van der Waals surface area contributed by atoms with Crippen LogP contribution in [0.1, 0.15) is 60.8 Å². The van der Waals surface area contributed by atoms with Crippen molar-refractivity contribution in [1.29, 1.82) is 0 Å². The van der Waals surface area contributed by atoms with Gasteiger partial charge in [-0.05, 0) is 59.4 Å². The number of carbonyl (C=O) groups is 1. The lowest BCUT2D eigenvalue weighted by Crippen LogP contribution is -2.24. The lowest BCUT2D eigenvalue weighted by molar-refractivity contribution is 0.0997. The first-order valence-electron chi connectivity index (χ1n) is 10.1. The lowest BCUT2D eigenvalue weighted by Gasteiger charge is -2.21. The summed E-state index contributed by atoms with van der Waals surface area (Å²) in [6.45, 7) is 9.28. The molecule has 1 unspecified atom stereocenters. The van der Waals surface area contributed by atoms with Crippen LogP contribution in [-0.4, -0.2) is 10.9 Å². The molecule has 4 heteroatoms. The molecular formula is C25H27N3O. The fraction of sp³-hybridized carbons (Fsp3) is 0.280. The molecule has 1 aliphatic rings. The van der Waals surface area contributed by atoms with Gasteiger partial charge in [0.1, 0.15) is 0 Å². The Labute approximate surface area is 172 Å². The van der Waals surface area contributed by atoms with Gasteiger partial charge in [0.2, 0.25) is 0 Å². The Morgan fingerprint density at radius 1 is 1.00 bits per heavy atom. The van der Waals surface area contributed by atoms with E-state index in [1.165, 1.54) is 5.56 Å². The Morgan fingerprint density at radius 3 is 2.34 bits per heavy atom. The molecule has 0 spiro atoms. The zero-order chi connectivity index (χ0) is 20.6. The van der Waals surface area contributed by atoms with Gasteiger partial charge in [0.25, 0.3) is 5.91 Å². The molecule has 4 nitrogen and oxygen atoms in total. The second-order valence-corrected chi connectivity index (χ2v) is 8.67. The van der Waals surface area contributed by atoms with Crippen LogP contribution in [0.25, 0.3) is 0 Å². The van der Waals surface area contributed by atoms with Gasteiger partial charge in [-0.2, -0.15) is 0 Å². The second kappa shape index (κ2) is 7.36. The van der Waals surface area contributed by atoms with Crippen LogP contribution < -0.4 is 10.2 Å². The summed E-state index contributed by atoms with van der Waals surface area (Å²) in [5.74, 6) is 0.0496. The third-order valence-electron chi connectivity index (χ3n) is 5.56. The van der Waals surface area contributed by atoms with E-state index in [1.807, 2.05) is 35.2 Å². The van der Waals surface area contributed by atoms with E-state index < -0.39 is 0 Å². The Morgan fingerprint density at radius 2 is 1.69 bits per heavy atom. The number of rotatable bonds is 4. The predicted molar refractivity (Wildman–Crippen MR) is 118 cm³/mol. The molecule has 0 saturated carbocycles. The van der Waals surface area contributed by atoms with E-state index in [2.05, 4.69) is 62.3 Å². The second-order valence-electron chi connectivity index (χ2n) is 8.67. The molecule has 1 aliphatic heterocycles. The van der Waals surface area contributed by atoms with Gasteiger partial charge in [0, 0.05) is 29.8 Å². The van der Waals surface area contributed by atoms with Gasteiger partial charge in [-0.3, -0.25) is 9.78 Å². The molecule has 3 aromatic rings. The SMILES string of the molecule is CC(Nc1cccc2c1C(=O)N(c1ccc(C(C)(C)C)cc1)C2)c1ccncc1. The summed E-state index contributed by atoms with van der Waals surface area (Å²) in [7, 11) is 0. The van der Waals surface area contributed by atoms with Crippen LogP contribution >= 0.6 is 0 Å². The predicted octanol–water partition coefficient (Wildman–Crippen LogP) is 5.71. The van der Waals surface area contributed by atoms with E-state index in [-0.39, 0.29) is 17.4 Å². The average molecular weight is 386 g/mol. The third kappa shape index (κ3) is 3.75. The number of fused-ring (bicyclic) bond motifs is 1. The molecule has 29 heavy (non-hydrogen) atoms. The molecule has 0 radical (unpaired) electrons. The number of hydrogen-bond donors (Lipinski definition) is 1. The Balaban J connectivity index is 1.60. The number of amides is 1. The third-order valence-corrected chi connectivity index (χ3v) is 5.56. The Hall–Kier alpha value is -3.14. The van der Waals surface area contributed by atoms with E-state index in [1.54, 1.807) is 12.4 Å².